The molecule has 1 atom stereocenters. The zero-order chi connectivity index (χ0) is 13.4. The van der Waals surface area contributed by atoms with Crippen molar-refractivity contribution in [2.45, 2.75) is 12.8 Å². The molecule has 0 saturated heterocycles. The molecule has 1 unspecified atom stereocenters. The molecule has 2 aromatic rings. The van der Waals surface area contributed by atoms with Crippen LogP contribution in [0.4, 0.5) is 0 Å². The molecule has 19 heavy (non-hydrogen) atoms. The van der Waals surface area contributed by atoms with Gasteiger partial charge in [-0.25, -0.2) is 0 Å². The van der Waals surface area contributed by atoms with Gasteiger partial charge in [0.15, 0.2) is 0 Å². The summed E-state index contributed by atoms with van der Waals surface area (Å²) in [5, 5.41) is 2.68. The van der Waals surface area contributed by atoms with Crippen LogP contribution in [-0.4, -0.2) is 13.0 Å². The number of carbonyl (C=O) groups is 1. The molecular formula is C16H15NO2. The Morgan fingerprint density at radius 3 is 2.63 bits per heavy atom. The summed E-state index contributed by atoms with van der Waals surface area (Å²) >= 11 is 0. The molecule has 3 heteroatoms. The van der Waals surface area contributed by atoms with Crippen LogP contribution in [0.5, 0.6) is 11.5 Å². The van der Waals surface area contributed by atoms with Crippen molar-refractivity contribution in [1.29, 1.82) is 0 Å². The first kappa shape index (κ1) is 11.8. The van der Waals surface area contributed by atoms with Gasteiger partial charge in [-0.1, -0.05) is 31.2 Å². The molecule has 0 radical (unpaired) electrons. The number of amides is 1. The number of hydrogen-bond acceptors (Lipinski definition) is 2. The Hall–Kier alpha value is -2.29. The van der Waals surface area contributed by atoms with Crippen molar-refractivity contribution in [3.63, 3.8) is 0 Å². The second-order valence-electron chi connectivity index (χ2n) is 4.66. The lowest BCUT2D eigenvalue weighted by molar-refractivity contribution is 0.0961. The summed E-state index contributed by atoms with van der Waals surface area (Å²) in [5.41, 5.74) is 2.76. The molecule has 1 amide bonds. The highest BCUT2D eigenvalue weighted by Crippen LogP contribution is 2.45. The van der Waals surface area contributed by atoms with Gasteiger partial charge < -0.3 is 10.1 Å². The fourth-order valence-corrected chi connectivity index (χ4v) is 2.62. The van der Waals surface area contributed by atoms with Crippen LogP contribution in [0.15, 0.2) is 42.5 Å². The summed E-state index contributed by atoms with van der Waals surface area (Å²) < 4.78 is 5.90. The minimum atomic E-state index is -0.0771. The van der Waals surface area contributed by atoms with Crippen molar-refractivity contribution >= 4 is 5.91 Å². The molecule has 0 saturated carbocycles. The zero-order valence-electron chi connectivity index (χ0n) is 10.9. The van der Waals surface area contributed by atoms with Gasteiger partial charge in [-0.15, -0.1) is 0 Å². The molecule has 0 aliphatic carbocycles. The van der Waals surface area contributed by atoms with Gasteiger partial charge in [-0.2, -0.15) is 0 Å². The number of rotatable bonds is 1. The highest BCUT2D eigenvalue weighted by atomic mass is 16.5. The average Bonchev–Trinajstić information content (AvgIpc) is 2.46. The summed E-state index contributed by atoms with van der Waals surface area (Å²) in [4.78, 5) is 12.0. The van der Waals surface area contributed by atoms with E-state index in [1.165, 1.54) is 0 Å². The second kappa shape index (κ2) is 4.43. The van der Waals surface area contributed by atoms with Crippen molar-refractivity contribution in [3.8, 4) is 11.5 Å². The van der Waals surface area contributed by atoms with Crippen LogP contribution in [0.25, 0.3) is 0 Å². The minimum absolute atomic E-state index is 0.0771. The Balaban J connectivity index is 2.18. The van der Waals surface area contributed by atoms with E-state index < -0.39 is 0 Å². The monoisotopic (exact) mass is 253 g/mol. The van der Waals surface area contributed by atoms with E-state index in [2.05, 4.69) is 12.2 Å². The Kier molecular flexibility index (Phi) is 2.75. The van der Waals surface area contributed by atoms with Gasteiger partial charge >= 0.3 is 0 Å². The van der Waals surface area contributed by atoms with Gasteiger partial charge in [-0.3, -0.25) is 4.79 Å². The van der Waals surface area contributed by atoms with Crippen molar-refractivity contribution in [3.05, 3.63) is 59.2 Å². The number of hydrogen-bond donors (Lipinski definition) is 1. The van der Waals surface area contributed by atoms with Gasteiger partial charge in [0.1, 0.15) is 11.5 Å². The van der Waals surface area contributed by atoms with Gasteiger partial charge in [0, 0.05) is 29.7 Å². The van der Waals surface area contributed by atoms with Crippen LogP contribution in [-0.2, 0) is 0 Å². The first-order valence-corrected chi connectivity index (χ1v) is 6.34. The third kappa shape index (κ3) is 1.78. The van der Waals surface area contributed by atoms with Crippen molar-refractivity contribution in [1.82, 2.24) is 5.32 Å². The lowest BCUT2D eigenvalue weighted by atomic mass is 9.86. The van der Waals surface area contributed by atoms with Crippen LogP contribution < -0.4 is 10.1 Å². The van der Waals surface area contributed by atoms with Crippen LogP contribution in [0.2, 0.25) is 0 Å². The zero-order valence-corrected chi connectivity index (χ0v) is 10.9. The molecule has 3 rings (SSSR count). The Morgan fingerprint density at radius 1 is 1.11 bits per heavy atom. The van der Waals surface area contributed by atoms with E-state index in [-0.39, 0.29) is 11.8 Å². The second-order valence-corrected chi connectivity index (χ2v) is 4.66. The normalized spacial score (nSPS) is 16.0. The van der Waals surface area contributed by atoms with Crippen LogP contribution in [0.1, 0.15) is 34.3 Å². The lowest BCUT2D eigenvalue weighted by Crippen LogP contribution is -2.22. The molecule has 1 aliphatic rings. The largest absolute Gasteiger partial charge is 0.457 e. The molecule has 1 aliphatic heterocycles. The molecule has 96 valence electrons. The van der Waals surface area contributed by atoms with Crippen LogP contribution in [0, 0.1) is 0 Å². The van der Waals surface area contributed by atoms with E-state index in [0.717, 1.165) is 22.6 Å². The lowest BCUT2D eigenvalue weighted by Gasteiger charge is -2.27. The standard InChI is InChI=1S/C16H15NO2/c1-10-11-6-3-4-8-13(11)19-14-9-5-7-12(15(10)14)16(18)17-2/h3-10H,1-2H3,(H,17,18). The summed E-state index contributed by atoms with van der Waals surface area (Å²) in [6, 6.07) is 13.6. The van der Waals surface area contributed by atoms with E-state index >= 15 is 0 Å². The molecule has 0 aromatic heterocycles. The average molecular weight is 253 g/mol. The fourth-order valence-electron chi connectivity index (χ4n) is 2.62. The van der Waals surface area contributed by atoms with Crippen molar-refractivity contribution in [2.75, 3.05) is 7.05 Å². The number of ether oxygens (including phenoxy) is 1. The maximum atomic E-state index is 12.0. The Labute approximate surface area is 112 Å². The van der Waals surface area contributed by atoms with Crippen LogP contribution >= 0.6 is 0 Å². The highest BCUT2D eigenvalue weighted by Gasteiger charge is 2.27. The van der Waals surface area contributed by atoms with E-state index in [1.807, 2.05) is 42.5 Å². The minimum Gasteiger partial charge on any atom is -0.457 e. The molecule has 0 bridgehead atoms. The molecular weight excluding hydrogens is 238 g/mol. The Bertz CT molecular complexity index is 649. The molecule has 1 N–H and O–H groups in total. The first-order chi connectivity index (χ1) is 9.22. The van der Waals surface area contributed by atoms with Crippen molar-refractivity contribution < 1.29 is 9.53 Å². The number of para-hydroxylation sites is 1. The third-order valence-corrected chi connectivity index (χ3v) is 3.58. The first-order valence-electron chi connectivity index (χ1n) is 6.34. The summed E-state index contributed by atoms with van der Waals surface area (Å²) in [6.07, 6.45) is 0. The number of nitrogens with one attached hydrogen (secondary N) is 1. The number of benzene rings is 2. The van der Waals surface area contributed by atoms with Crippen molar-refractivity contribution in [2.24, 2.45) is 0 Å². The summed E-state index contributed by atoms with van der Waals surface area (Å²) in [7, 11) is 1.64. The molecule has 3 nitrogen and oxygen atoms in total. The Morgan fingerprint density at radius 2 is 1.84 bits per heavy atom. The van der Waals surface area contributed by atoms with E-state index in [1.54, 1.807) is 7.05 Å². The predicted molar refractivity (Wildman–Crippen MR) is 73.9 cm³/mol. The molecule has 0 fully saturated rings. The number of fused-ring (bicyclic) bond motifs is 2. The SMILES string of the molecule is CNC(=O)c1cccc2c1C(C)c1ccccc1O2. The highest BCUT2D eigenvalue weighted by molar-refractivity contribution is 5.96. The third-order valence-electron chi connectivity index (χ3n) is 3.58. The summed E-state index contributed by atoms with van der Waals surface area (Å²) in [5.74, 6) is 1.71. The van der Waals surface area contributed by atoms with Gasteiger partial charge in [0.25, 0.3) is 5.91 Å². The van der Waals surface area contributed by atoms with E-state index in [9.17, 15) is 4.79 Å². The van der Waals surface area contributed by atoms with Crippen LogP contribution in [0.3, 0.4) is 0 Å². The van der Waals surface area contributed by atoms with E-state index in [0.29, 0.717) is 5.56 Å². The fraction of sp³-hybridized carbons (Fsp3) is 0.188. The number of carbonyl (C=O) groups excluding carboxylic acids is 1. The summed E-state index contributed by atoms with van der Waals surface area (Å²) in [6.45, 7) is 2.10. The molecule has 0 spiro atoms. The van der Waals surface area contributed by atoms with E-state index in [4.69, 9.17) is 4.74 Å². The maximum absolute atomic E-state index is 12.0. The molecule has 1 heterocycles. The quantitative estimate of drug-likeness (QED) is 0.846. The smallest absolute Gasteiger partial charge is 0.251 e. The molecule has 2 aromatic carbocycles. The maximum Gasteiger partial charge on any atom is 0.251 e. The van der Waals surface area contributed by atoms with Gasteiger partial charge in [0.05, 0.1) is 0 Å². The predicted octanol–water partition coefficient (Wildman–Crippen LogP) is 3.30. The van der Waals surface area contributed by atoms with Gasteiger partial charge in [0.2, 0.25) is 0 Å². The topological polar surface area (TPSA) is 38.3 Å². The van der Waals surface area contributed by atoms with Gasteiger partial charge in [-0.05, 0) is 18.2 Å².